The standard InChI is InChI=1S/C58H39N3O2/c1-36-16-8-9-25-43(36)47-29-15-33-51-50-32-14-28-46(54(50)63-55(47)51)40-22-11-24-42(35-40)58-60-56(38-19-6-3-7-20-38)59-57(61-58)41-23-10-21-39(34-41)45-27-13-31-49-48-30-12-26-44(52(48)62-53(45)49)37-17-4-2-5-18-37/h2-36,43H,1H3. The Balaban J connectivity index is 0.968. The molecule has 3 aromatic heterocycles. The van der Waals surface area contributed by atoms with Crippen LogP contribution in [0.4, 0.5) is 0 Å². The summed E-state index contributed by atoms with van der Waals surface area (Å²) < 4.78 is 13.7. The van der Waals surface area contributed by atoms with Crippen molar-refractivity contribution in [3.63, 3.8) is 0 Å². The summed E-state index contributed by atoms with van der Waals surface area (Å²) in [5, 5.41) is 4.39. The maximum Gasteiger partial charge on any atom is 0.164 e. The second-order valence-electron chi connectivity index (χ2n) is 16.3. The molecule has 298 valence electrons. The van der Waals surface area contributed by atoms with Crippen molar-refractivity contribution in [3.05, 3.63) is 212 Å². The number of allylic oxidation sites excluding steroid dienone is 4. The van der Waals surface area contributed by atoms with Gasteiger partial charge in [-0.25, -0.2) is 15.0 Å². The van der Waals surface area contributed by atoms with Gasteiger partial charge in [-0.1, -0.05) is 201 Å². The van der Waals surface area contributed by atoms with Crippen LogP contribution in [0.25, 0.3) is 111 Å². The van der Waals surface area contributed by atoms with Gasteiger partial charge in [-0.3, -0.25) is 0 Å². The van der Waals surface area contributed by atoms with E-state index in [4.69, 9.17) is 23.8 Å². The zero-order valence-electron chi connectivity index (χ0n) is 34.4. The van der Waals surface area contributed by atoms with Crippen molar-refractivity contribution in [2.45, 2.75) is 12.8 Å². The van der Waals surface area contributed by atoms with Gasteiger partial charge in [-0.2, -0.15) is 0 Å². The van der Waals surface area contributed by atoms with E-state index in [-0.39, 0.29) is 5.92 Å². The first kappa shape index (κ1) is 36.7. The number of nitrogens with zero attached hydrogens (tertiary/aromatic N) is 3. The average molecular weight is 810 g/mol. The number of fused-ring (bicyclic) bond motifs is 6. The van der Waals surface area contributed by atoms with E-state index in [0.717, 1.165) is 93.9 Å². The predicted molar refractivity (Wildman–Crippen MR) is 257 cm³/mol. The van der Waals surface area contributed by atoms with Gasteiger partial charge in [0.15, 0.2) is 17.5 Å². The van der Waals surface area contributed by atoms with Gasteiger partial charge in [0.25, 0.3) is 0 Å². The molecular weight excluding hydrogens is 771 g/mol. The molecule has 0 N–H and O–H groups in total. The van der Waals surface area contributed by atoms with E-state index in [0.29, 0.717) is 23.4 Å². The number of furan rings is 2. The molecule has 2 atom stereocenters. The highest BCUT2D eigenvalue weighted by atomic mass is 16.3. The lowest BCUT2D eigenvalue weighted by atomic mass is 9.83. The van der Waals surface area contributed by atoms with Crippen LogP contribution in [0.15, 0.2) is 215 Å². The zero-order valence-corrected chi connectivity index (χ0v) is 34.4. The highest BCUT2D eigenvalue weighted by molar-refractivity contribution is 6.13. The molecule has 1 aliphatic carbocycles. The lowest BCUT2D eigenvalue weighted by Crippen LogP contribution is -2.07. The quantitative estimate of drug-likeness (QED) is 0.160. The fourth-order valence-electron chi connectivity index (χ4n) is 9.33. The summed E-state index contributed by atoms with van der Waals surface area (Å²) in [5.74, 6) is 2.40. The molecule has 0 amide bonds. The largest absolute Gasteiger partial charge is 0.455 e. The first-order valence-electron chi connectivity index (χ1n) is 21.5. The second kappa shape index (κ2) is 15.1. The van der Waals surface area contributed by atoms with E-state index in [1.165, 1.54) is 5.56 Å². The molecule has 5 heteroatoms. The molecule has 11 aromatic rings. The lowest BCUT2D eigenvalue weighted by Gasteiger charge is -2.20. The van der Waals surface area contributed by atoms with Gasteiger partial charge in [-0.05, 0) is 34.7 Å². The third-order valence-electron chi connectivity index (χ3n) is 12.5. The fraction of sp³-hybridized carbons (Fsp3) is 0.0517. The van der Waals surface area contributed by atoms with Crippen LogP contribution in [0, 0.1) is 5.92 Å². The Hall–Kier alpha value is -8.15. The van der Waals surface area contributed by atoms with E-state index in [2.05, 4.69) is 177 Å². The molecule has 3 heterocycles. The summed E-state index contributed by atoms with van der Waals surface area (Å²) in [6.07, 6.45) is 8.81. The Morgan fingerprint density at radius 3 is 1.29 bits per heavy atom. The van der Waals surface area contributed by atoms with Crippen LogP contribution in [0.5, 0.6) is 0 Å². The van der Waals surface area contributed by atoms with Crippen molar-refractivity contribution < 1.29 is 8.83 Å². The van der Waals surface area contributed by atoms with Crippen LogP contribution in [-0.4, -0.2) is 15.0 Å². The maximum absolute atomic E-state index is 6.88. The summed E-state index contributed by atoms with van der Waals surface area (Å²) in [5.41, 5.74) is 13.7. The van der Waals surface area contributed by atoms with Gasteiger partial charge in [0, 0.05) is 66.4 Å². The molecular formula is C58H39N3O2. The minimum atomic E-state index is 0.246. The molecule has 0 bridgehead atoms. The van der Waals surface area contributed by atoms with E-state index < -0.39 is 0 Å². The van der Waals surface area contributed by atoms with Gasteiger partial charge < -0.3 is 8.83 Å². The Morgan fingerprint density at radius 2 is 0.746 bits per heavy atom. The Morgan fingerprint density at radius 1 is 0.349 bits per heavy atom. The third-order valence-corrected chi connectivity index (χ3v) is 12.5. The van der Waals surface area contributed by atoms with Crippen LogP contribution in [0.2, 0.25) is 0 Å². The van der Waals surface area contributed by atoms with Crippen molar-refractivity contribution in [2.75, 3.05) is 0 Å². The Kier molecular flexibility index (Phi) is 8.78. The van der Waals surface area contributed by atoms with Crippen LogP contribution < -0.4 is 0 Å². The van der Waals surface area contributed by atoms with Crippen molar-refractivity contribution in [3.8, 4) is 67.5 Å². The van der Waals surface area contributed by atoms with Gasteiger partial charge in [0.1, 0.15) is 22.3 Å². The monoisotopic (exact) mass is 809 g/mol. The topological polar surface area (TPSA) is 65.0 Å². The third kappa shape index (κ3) is 6.36. The molecule has 0 saturated heterocycles. The minimum Gasteiger partial charge on any atom is -0.455 e. The lowest BCUT2D eigenvalue weighted by molar-refractivity contribution is 0.612. The highest BCUT2D eigenvalue weighted by Crippen LogP contribution is 2.43. The van der Waals surface area contributed by atoms with Crippen LogP contribution >= 0.6 is 0 Å². The SMILES string of the molecule is CC1C=CC=CC1c1cccc2c1oc1c(-c3cccc(-c4nc(-c5ccccc5)nc(-c5cccc(-c6cccc7c6oc6c(-c8ccccc8)cccc67)c5)n4)c3)cccc12. The van der Waals surface area contributed by atoms with Crippen LogP contribution in [-0.2, 0) is 0 Å². The molecule has 63 heavy (non-hydrogen) atoms. The number of rotatable bonds is 7. The normalized spacial score (nSPS) is 14.9. The Bertz CT molecular complexity index is 3600. The van der Waals surface area contributed by atoms with E-state index in [1.807, 2.05) is 36.4 Å². The number of benzene rings is 8. The maximum atomic E-state index is 6.88. The molecule has 0 radical (unpaired) electrons. The molecule has 0 aliphatic heterocycles. The average Bonchev–Trinajstić information content (AvgIpc) is 3.94. The van der Waals surface area contributed by atoms with E-state index >= 15 is 0 Å². The highest BCUT2D eigenvalue weighted by Gasteiger charge is 2.23. The first-order chi connectivity index (χ1) is 31.1. The summed E-state index contributed by atoms with van der Waals surface area (Å²) >= 11 is 0. The van der Waals surface area contributed by atoms with Crippen molar-refractivity contribution in [1.82, 2.24) is 15.0 Å². The number of para-hydroxylation sites is 4. The van der Waals surface area contributed by atoms with Gasteiger partial charge in [-0.15, -0.1) is 0 Å². The zero-order chi connectivity index (χ0) is 41.9. The van der Waals surface area contributed by atoms with E-state index in [9.17, 15) is 0 Å². The predicted octanol–water partition coefficient (Wildman–Crippen LogP) is 15.5. The van der Waals surface area contributed by atoms with Gasteiger partial charge in [0.2, 0.25) is 0 Å². The minimum absolute atomic E-state index is 0.246. The Labute approximate surface area is 364 Å². The van der Waals surface area contributed by atoms with Crippen molar-refractivity contribution in [1.29, 1.82) is 0 Å². The van der Waals surface area contributed by atoms with Crippen molar-refractivity contribution in [2.24, 2.45) is 5.92 Å². The number of aromatic nitrogens is 3. The van der Waals surface area contributed by atoms with E-state index in [1.54, 1.807) is 0 Å². The molecule has 5 nitrogen and oxygen atoms in total. The molecule has 2 unspecified atom stereocenters. The molecule has 0 spiro atoms. The summed E-state index contributed by atoms with van der Waals surface area (Å²) in [4.78, 5) is 15.4. The smallest absolute Gasteiger partial charge is 0.164 e. The van der Waals surface area contributed by atoms with Gasteiger partial charge in [0.05, 0.1) is 0 Å². The molecule has 8 aromatic carbocycles. The van der Waals surface area contributed by atoms with Crippen molar-refractivity contribution >= 4 is 43.9 Å². The molecule has 1 aliphatic rings. The molecule has 0 fully saturated rings. The summed E-state index contributed by atoms with van der Waals surface area (Å²) in [7, 11) is 0. The summed E-state index contributed by atoms with van der Waals surface area (Å²) in [6.45, 7) is 2.26. The molecule has 0 saturated carbocycles. The summed E-state index contributed by atoms with van der Waals surface area (Å²) in [6, 6.07) is 63.0. The molecule has 12 rings (SSSR count). The number of hydrogen-bond donors (Lipinski definition) is 0. The van der Waals surface area contributed by atoms with Crippen LogP contribution in [0.1, 0.15) is 18.4 Å². The van der Waals surface area contributed by atoms with Gasteiger partial charge >= 0.3 is 0 Å². The fourth-order valence-corrected chi connectivity index (χ4v) is 9.33. The van der Waals surface area contributed by atoms with Crippen LogP contribution in [0.3, 0.4) is 0 Å². The number of hydrogen-bond acceptors (Lipinski definition) is 5. The first-order valence-corrected chi connectivity index (χ1v) is 21.5. The second-order valence-corrected chi connectivity index (χ2v) is 16.3.